The third kappa shape index (κ3) is 2.03. The molecule has 2 amide bonds. The standard InChI is InChI=1S/C14H15NO5/c1-14(2,3)10(13(19)20)15-11(17)8-5-4-7(16)6-9(8)12(15)18/h4-6,10,16H,1-3H3,(H,19,20)/t10-/m1/s1. The van der Waals surface area contributed by atoms with Crippen LogP contribution in [0.1, 0.15) is 41.5 Å². The van der Waals surface area contributed by atoms with Crippen molar-refractivity contribution in [2.45, 2.75) is 26.8 Å². The van der Waals surface area contributed by atoms with Crippen molar-refractivity contribution in [2.75, 3.05) is 0 Å². The molecule has 1 atom stereocenters. The number of fused-ring (bicyclic) bond motifs is 1. The largest absolute Gasteiger partial charge is 0.508 e. The maximum Gasteiger partial charge on any atom is 0.327 e. The van der Waals surface area contributed by atoms with E-state index in [1.807, 2.05) is 0 Å². The molecule has 0 saturated carbocycles. The molecule has 1 aliphatic rings. The second-order valence-corrected chi connectivity index (χ2v) is 5.82. The van der Waals surface area contributed by atoms with Gasteiger partial charge in [0.05, 0.1) is 11.1 Å². The summed E-state index contributed by atoms with van der Waals surface area (Å²) >= 11 is 0. The summed E-state index contributed by atoms with van der Waals surface area (Å²) in [5, 5.41) is 18.7. The van der Waals surface area contributed by atoms with Gasteiger partial charge in [-0.2, -0.15) is 0 Å². The van der Waals surface area contributed by atoms with Gasteiger partial charge in [0.1, 0.15) is 11.8 Å². The minimum atomic E-state index is -1.27. The molecule has 1 heterocycles. The highest BCUT2D eigenvalue weighted by Gasteiger charge is 2.47. The lowest BCUT2D eigenvalue weighted by atomic mass is 9.85. The van der Waals surface area contributed by atoms with Gasteiger partial charge in [0.25, 0.3) is 11.8 Å². The third-order valence-corrected chi connectivity index (χ3v) is 3.21. The van der Waals surface area contributed by atoms with Crippen LogP contribution in [0.4, 0.5) is 0 Å². The fourth-order valence-electron chi connectivity index (χ4n) is 2.35. The van der Waals surface area contributed by atoms with E-state index in [1.54, 1.807) is 20.8 Å². The molecule has 0 aromatic heterocycles. The van der Waals surface area contributed by atoms with Gasteiger partial charge in [0, 0.05) is 0 Å². The zero-order valence-corrected chi connectivity index (χ0v) is 11.4. The molecule has 6 nitrogen and oxygen atoms in total. The number of nitrogens with zero attached hydrogens (tertiary/aromatic N) is 1. The quantitative estimate of drug-likeness (QED) is 0.798. The van der Waals surface area contributed by atoms with Crippen LogP contribution in [0.2, 0.25) is 0 Å². The Labute approximate surface area is 115 Å². The zero-order chi connectivity index (χ0) is 15.2. The summed E-state index contributed by atoms with van der Waals surface area (Å²) in [6.45, 7) is 4.94. The van der Waals surface area contributed by atoms with Crippen molar-refractivity contribution in [1.82, 2.24) is 4.90 Å². The summed E-state index contributed by atoms with van der Waals surface area (Å²) in [6, 6.07) is 2.53. The molecular formula is C14H15NO5. The molecule has 0 bridgehead atoms. The molecule has 20 heavy (non-hydrogen) atoms. The lowest BCUT2D eigenvalue weighted by Gasteiger charge is -2.33. The minimum absolute atomic E-state index is 0.0329. The van der Waals surface area contributed by atoms with E-state index in [0.717, 1.165) is 4.90 Å². The van der Waals surface area contributed by atoms with Gasteiger partial charge >= 0.3 is 5.97 Å². The number of rotatable bonds is 2. The normalized spacial score (nSPS) is 16.2. The first-order chi connectivity index (χ1) is 9.14. The third-order valence-electron chi connectivity index (χ3n) is 3.21. The van der Waals surface area contributed by atoms with E-state index in [0.29, 0.717) is 0 Å². The maximum atomic E-state index is 12.3. The lowest BCUT2D eigenvalue weighted by molar-refractivity contribution is -0.145. The van der Waals surface area contributed by atoms with Gasteiger partial charge in [-0.25, -0.2) is 4.79 Å². The van der Waals surface area contributed by atoms with Crippen LogP contribution in [-0.2, 0) is 4.79 Å². The fourth-order valence-corrected chi connectivity index (χ4v) is 2.35. The Hall–Kier alpha value is -2.37. The fraction of sp³-hybridized carbons (Fsp3) is 0.357. The number of imide groups is 1. The topological polar surface area (TPSA) is 94.9 Å². The summed E-state index contributed by atoms with van der Waals surface area (Å²) in [5.74, 6) is -2.72. The van der Waals surface area contributed by atoms with Crippen molar-refractivity contribution >= 4 is 17.8 Å². The number of hydrogen-bond donors (Lipinski definition) is 2. The van der Waals surface area contributed by atoms with Gasteiger partial charge < -0.3 is 10.2 Å². The van der Waals surface area contributed by atoms with E-state index in [9.17, 15) is 24.6 Å². The van der Waals surface area contributed by atoms with Crippen molar-refractivity contribution in [3.8, 4) is 5.75 Å². The number of phenolic OH excluding ortho intramolecular Hbond substituents is 1. The number of hydrogen-bond acceptors (Lipinski definition) is 4. The molecule has 1 aliphatic heterocycles. The first-order valence-electron chi connectivity index (χ1n) is 6.08. The zero-order valence-electron chi connectivity index (χ0n) is 11.4. The molecule has 1 aromatic carbocycles. The smallest absolute Gasteiger partial charge is 0.327 e. The second kappa shape index (κ2) is 4.33. The predicted octanol–water partition coefficient (Wildman–Crippen LogP) is 1.49. The number of aromatic hydroxyl groups is 1. The molecule has 0 unspecified atom stereocenters. The molecule has 0 spiro atoms. The Balaban J connectivity index is 2.54. The number of carboxylic acids is 1. The average molecular weight is 277 g/mol. The lowest BCUT2D eigenvalue weighted by Crippen LogP contribution is -2.51. The number of carbonyl (C=O) groups excluding carboxylic acids is 2. The molecule has 106 valence electrons. The van der Waals surface area contributed by atoms with E-state index in [-0.39, 0.29) is 16.9 Å². The van der Waals surface area contributed by atoms with Gasteiger partial charge in [-0.05, 0) is 23.6 Å². The van der Waals surface area contributed by atoms with E-state index in [1.165, 1.54) is 18.2 Å². The SMILES string of the molecule is CC(C)(C)[C@@H](C(=O)O)N1C(=O)c2ccc(O)cc2C1=O. The molecule has 2 N–H and O–H groups in total. The molecule has 0 aliphatic carbocycles. The highest BCUT2D eigenvalue weighted by molar-refractivity contribution is 6.22. The number of carbonyl (C=O) groups is 3. The van der Waals surface area contributed by atoms with Crippen molar-refractivity contribution in [3.05, 3.63) is 29.3 Å². The van der Waals surface area contributed by atoms with Crippen LogP contribution in [0.3, 0.4) is 0 Å². The molecule has 0 radical (unpaired) electrons. The molecule has 0 saturated heterocycles. The van der Waals surface area contributed by atoms with E-state index in [2.05, 4.69) is 0 Å². The van der Waals surface area contributed by atoms with Crippen LogP contribution in [0.25, 0.3) is 0 Å². The first-order valence-corrected chi connectivity index (χ1v) is 6.08. The van der Waals surface area contributed by atoms with Gasteiger partial charge in [0.2, 0.25) is 0 Å². The monoisotopic (exact) mass is 277 g/mol. The predicted molar refractivity (Wildman–Crippen MR) is 69.5 cm³/mol. The van der Waals surface area contributed by atoms with Gasteiger partial charge in [-0.15, -0.1) is 0 Å². The molecule has 2 rings (SSSR count). The van der Waals surface area contributed by atoms with Crippen LogP contribution < -0.4 is 0 Å². The molecule has 0 fully saturated rings. The van der Waals surface area contributed by atoms with Crippen molar-refractivity contribution in [2.24, 2.45) is 5.41 Å². The summed E-state index contributed by atoms with van der Waals surface area (Å²) in [4.78, 5) is 36.8. The number of phenols is 1. The molecular weight excluding hydrogens is 262 g/mol. The van der Waals surface area contributed by atoms with E-state index in [4.69, 9.17) is 0 Å². The Bertz CT molecular complexity index is 614. The first kappa shape index (κ1) is 14.0. The van der Waals surface area contributed by atoms with Crippen LogP contribution in [0, 0.1) is 5.41 Å². The molecule has 6 heteroatoms. The van der Waals surface area contributed by atoms with Gasteiger partial charge in [-0.1, -0.05) is 20.8 Å². The summed E-state index contributed by atoms with van der Waals surface area (Å²) < 4.78 is 0. The Morgan fingerprint density at radius 2 is 1.70 bits per heavy atom. The Morgan fingerprint density at radius 1 is 1.15 bits per heavy atom. The van der Waals surface area contributed by atoms with Crippen molar-refractivity contribution < 1.29 is 24.6 Å². The second-order valence-electron chi connectivity index (χ2n) is 5.82. The maximum absolute atomic E-state index is 12.3. The van der Waals surface area contributed by atoms with Gasteiger partial charge in [0.15, 0.2) is 0 Å². The minimum Gasteiger partial charge on any atom is -0.508 e. The van der Waals surface area contributed by atoms with Crippen LogP contribution >= 0.6 is 0 Å². The van der Waals surface area contributed by atoms with Gasteiger partial charge in [-0.3, -0.25) is 14.5 Å². The number of benzene rings is 1. The summed E-state index contributed by atoms with van der Waals surface area (Å²) in [5.41, 5.74) is -0.657. The Morgan fingerprint density at radius 3 is 2.20 bits per heavy atom. The van der Waals surface area contributed by atoms with Crippen molar-refractivity contribution in [3.63, 3.8) is 0 Å². The highest BCUT2D eigenvalue weighted by atomic mass is 16.4. The van der Waals surface area contributed by atoms with Crippen LogP contribution in [0.5, 0.6) is 5.75 Å². The Kier molecular flexibility index (Phi) is 3.04. The number of carboxylic acid groups (broad SMARTS) is 1. The molecule has 1 aromatic rings. The summed E-state index contributed by atoms with van der Waals surface area (Å²) in [7, 11) is 0. The number of amides is 2. The van der Waals surface area contributed by atoms with E-state index >= 15 is 0 Å². The van der Waals surface area contributed by atoms with Crippen LogP contribution in [-0.4, -0.2) is 38.9 Å². The van der Waals surface area contributed by atoms with Crippen LogP contribution in [0.15, 0.2) is 18.2 Å². The average Bonchev–Trinajstić information content (AvgIpc) is 2.52. The highest BCUT2D eigenvalue weighted by Crippen LogP contribution is 2.33. The van der Waals surface area contributed by atoms with Crippen molar-refractivity contribution in [1.29, 1.82) is 0 Å². The number of aliphatic carboxylic acids is 1. The summed E-state index contributed by atoms with van der Waals surface area (Å²) in [6.07, 6.45) is 0. The van der Waals surface area contributed by atoms with E-state index < -0.39 is 29.2 Å².